The van der Waals surface area contributed by atoms with Crippen molar-refractivity contribution in [1.82, 2.24) is 0 Å². The zero-order valence-corrected chi connectivity index (χ0v) is 18.0. The van der Waals surface area contributed by atoms with E-state index in [1.165, 1.54) is 0 Å². The third kappa shape index (κ3) is 4.17. The van der Waals surface area contributed by atoms with Crippen LogP contribution < -0.4 is 5.73 Å². The lowest BCUT2D eigenvalue weighted by molar-refractivity contribution is -0.190. The number of rotatable bonds is 6. The van der Waals surface area contributed by atoms with Crippen molar-refractivity contribution >= 4 is 35.1 Å². The molecule has 0 saturated heterocycles. The van der Waals surface area contributed by atoms with Crippen molar-refractivity contribution in [2.24, 2.45) is 17.6 Å². The molecule has 9 heteroatoms. The molecule has 0 amide bonds. The van der Waals surface area contributed by atoms with Gasteiger partial charge in [0.25, 0.3) is 0 Å². The Labute approximate surface area is 184 Å². The molecular formula is C21H26Cl2FNO5. The van der Waals surface area contributed by atoms with Crippen LogP contribution in [0, 0.1) is 11.8 Å². The number of carboxylic acid groups (broad SMARTS) is 2. The number of ether oxygens (including phenoxy) is 1. The Morgan fingerprint density at radius 2 is 1.77 bits per heavy atom. The van der Waals surface area contributed by atoms with Crippen LogP contribution in [-0.4, -0.2) is 39.5 Å². The van der Waals surface area contributed by atoms with E-state index in [4.69, 9.17) is 33.7 Å². The van der Waals surface area contributed by atoms with Crippen molar-refractivity contribution in [3.8, 4) is 0 Å². The first-order valence-corrected chi connectivity index (χ1v) is 10.9. The minimum absolute atomic E-state index is 0.00245. The summed E-state index contributed by atoms with van der Waals surface area (Å²) in [5.74, 6) is -4.91. The van der Waals surface area contributed by atoms with Crippen LogP contribution in [-0.2, 0) is 20.9 Å². The van der Waals surface area contributed by atoms with Gasteiger partial charge in [0.15, 0.2) is 0 Å². The van der Waals surface area contributed by atoms with Crippen LogP contribution in [0.2, 0.25) is 10.0 Å². The van der Waals surface area contributed by atoms with Gasteiger partial charge in [-0.25, -0.2) is 9.18 Å². The van der Waals surface area contributed by atoms with E-state index in [0.29, 0.717) is 28.5 Å². The number of aliphatic carboxylic acids is 2. The van der Waals surface area contributed by atoms with E-state index >= 15 is 4.39 Å². The van der Waals surface area contributed by atoms with Crippen molar-refractivity contribution in [3.05, 3.63) is 33.8 Å². The fourth-order valence-corrected chi connectivity index (χ4v) is 5.42. The molecular weight excluding hydrogens is 436 g/mol. The van der Waals surface area contributed by atoms with Crippen LogP contribution in [0.25, 0.3) is 0 Å². The first-order valence-electron chi connectivity index (χ1n) is 10.1. The van der Waals surface area contributed by atoms with Gasteiger partial charge in [-0.2, -0.15) is 0 Å². The number of hydrogen-bond donors (Lipinski definition) is 3. The number of carboxylic acids is 2. The zero-order chi connectivity index (χ0) is 22.1. The van der Waals surface area contributed by atoms with E-state index in [-0.39, 0.29) is 19.4 Å². The molecule has 2 fully saturated rings. The van der Waals surface area contributed by atoms with Gasteiger partial charge in [0.2, 0.25) is 5.67 Å². The van der Waals surface area contributed by atoms with E-state index < -0.39 is 41.1 Å². The van der Waals surface area contributed by atoms with E-state index in [1.54, 1.807) is 18.2 Å². The summed E-state index contributed by atoms with van der Waals surface area (Å²) in [6, 6.07) is 4.88. The molecule has 6 nitrogen and oxygen atoms in total. The third-order valence-corrected chi connectivity index (χ3v) is 7.33. The summed E-state index contributed by atoms with van der Waals surface area (Å²) in [5, 5.41) is 20.4. The smallest absolute Gasteiger partial charge is 0.341 e. The van der Waals surface area contributed by atoms with Gasteiger partial charge in [0, 0.05) is 5.92 Å². The largest absolute Gasteiger partial charge is 0.480 e. The lowest BCUT2D eigenvalue weighted by atomic mass is 9.57. The molecule has 0 unspecified atom stereocenters. The zero-order valence-electron chi connectivity index (χ0n) is 16.5. The molecule has 0 heterocycles. The Bertz CT molecular complexity index is 819. The molecule has 4 atom stereocenters. The van der Waals surface area contributed by atoms with Gasteiger partial charge in [-0.1, -0.05) is 48.5 Å². The first kappa shape index (κ1) is 23.3. The molecule has 0 spiro atoms. The molecule has 30 heavy (non-hydrogen) atoms. The fourth-order valence-electron chi connectivity index (χ4n) is 5.10. The molecule has 2 saturated carbocycles. The number of carbonyl (C=O) groups is 2. The average Bonchev–Trinajstić information content (AvgIpc) is 2.70. The Morgan fingerprint density at radius 1 is 1.10 bits per heavy atom. The van der Waals surface area contributed by atoms with Gasteiger partial charge in [-0.3, -0.25) is 4.79 Å². The highest BCUT2D eigenvalue weighted by molar-refractivity contribution is 6.42. The van der Waals surface area contributed by atoms with Crippen molar-refractivity contribution in [2.45, 2.75) is 68.9 Å². The van der Waals surface area contributed by atoms with Crippen LogP contribution in [0.1, 0.15) is 50.5 Å². The number of nitrogens with two attached hydrogens (primary N) is 1. The minimum Gasteiger partial charge on any atom is -0.480 e. The highest BCUT2D eigenvalue weighted by atomic mass is 35.5. The van der Waals surface area contributed by atoms with E-state index in [9.17, 15) is 19.8 Å². The molecule has 0 radical (unpaired) electrons. The molecule has 0 bridgehead atoms. The molecule has 1 aromatic rings. The Balaban J connectivity index is 1.92. The van der Waals surface area contributed by atoms with Gasteiger partial charge in [0.05, 0.1) is 22.8 Å². The van der Waals surface area contributed by atoms with E-state index in [1.807, 2.05) is 0 Å². The summed E-state index contributed by atoms with van der Waals surface area (Å²) in [6.45, 7) is -0.00245. The summed E-state index contributed by atoms with van der Waals surface area (Å²) in [4.78, 5) is 24.3. The normalized spacial score (nSPS) is 32.7. The predicted octanol–water partition coefficient (Wildman–Crippen LogP) is 4.44. The molecule has 2 aliphatic rings. The van der Waals surface area contributed by atoms with Crippen LogP contribution in [0.3, 0.4) is 0 Å². The van der Waals surface area contributed by atoms with Gasteiger partial charge in [0.1, 0.15) is 5.54 Å². The minimum atomic E-state index is -2.71. The quantitative estimate of drug-likeness (QED) is 0.577. The monoisotopic (exact) mass is 461 g/mol. The first-order chi connectivity index (χ1) is 14.1. The second-order valence-electron chi connectivity index (χ2n) is 8.37. The molecule has 1 aromatic carbocycles. The molecule has 2 aliphatic carbocycles. The summed E-state index contributed by atoms with van der Waals surface area (Å²) >= 11 is 11.9. The fraction of sp³-hybridized carbons (Fsp3) is 0.619. The Morgan fingerprint density at radius 3 is 2.33 bits per heavy atom. The maximum Gasteiger partial charge on any atom is 0.341 e. The summed E-state index contributed by atoms with van der Waals surface area (Å²) in [7, 11) is 0. The van der Waals surface area contributed by atoms with Crippen molar-refractivity contribution in [3.63, 3.8) is 0 Å². The van der Waals surface area contributed by atoms with E-state index in [2.05, 4.69) is 0 Å². The molecule has 166 valence electrons. The highest BCUT2D eigenvalue weighted by Gasteiger charge is 2.66. The van der Waals surface area contributed by atoms with Crippen LogP contribution >= 0.6 is 23.2 Å². The molecule has 3 rings (SSSR count). The maximum atomic E-state index is 15.8. The molecule has 0 aliphatic heterocycles. The van der Waals surface area contributed by atoms with Crippen molar-refractivity contribution in [2.75, 3.05) is 0 Å². The summed E-state index contributed by atoms with van der Waals surface area (Å²) in [6.07, 6.45) is 2.14. The van der Waals surface area contributed by atoms with Crippen LogP contribution in [0.15, 0.2) is 18.2 Å². The Kier molecular flexibility index (Phi) is 6.97. The van der Waals surface area contributed by atoms with Crippen molar-refractivity contribution < 1.29 is 28.9 Å². The third-order valence-electron chi connectivity index (χ3n) is 6.59. The highest BCUT2D eigenvalue weighted by Crippen LogP contribution is 2.51. The van der Waals surface area contributed by atoms with E-state index in [0.717, 1.165) is 19.3 Å². The second-order valence-corrected chi connectivity index (χ2v) is 9.18. The molecule has 0 aromatic heterocycles. The average molecular weight is 462 g/mol. The maximum absolute atomic E-state index is 15.8. The van der Waals surface area contributed by atoms with Gasteiger partial charge in [-0.05, 0) is 49.3 Å². The SMILES string of the molecule is N[C@]1(C(=O)O)[C@@H](C2CCCCC2)[C@@](F)(C(=O)O)CC[C@H]1OCc1ccc(Cl)c(Cl)c1. The lowest BCUT2D eigenvalue weighted by Crippen LogP contribution is -2.73. The number of hydrogen-bond acceptors (Lipinski definition) is 4. The van der Waals surface area contributed by atoms with Gasteiger partial charge in [-0.15, -0.1) is 0 Å². The number of benzene rings is 1. The second kappa shape index (κ2) is 8.99. The summed E-state index contributed by atoms with van der Waals surface area (Å²) < 4.78 is 21.7. The number of alkyl halides is 1. The lowest BCUT2D eigenvalue weighted by Gasteiger charge is -2.52. The van der Waals surface area contributed by atoms with Crippen LogP contribution in [0.5, 0.6) is 0 Å². The molecule has 4 N–H and O–H groups in total. The predicted molar refractivity (Wildman–Crippen MR) is 110 cm³/mol. The number of halogens is 3. The van der Waals surface area contributed by atoms with Gasteiger partial charge < -0.3 is 20.7 Å². The van der Waals surface area contributed by atoms with Gasteiger partial charge >= 0.3 is 11.9 Å². The topological polar surface area (TPSA) is 110 Å². The Hall–Kier alpha value is -1.41. The summed E-state index contributed by atoms with van der Waals surface area (Å²) in [5.41, 5.74) is 2.16. The van der Waals surface area contributed by atoms with Crippen LogP contribution in [0.4, 0.5) is 4.39 Å². The standard InChI is InChI=1S/C21H26Cl2FNO5/c22-14-7-6-12(10-15(14)23)11-30-16-8-9-20(24,18(26)27)17(21(16,25)19(28)29)13-4-2-1-3-5-13/h6-7,10,13,16-17H,1-5,8-9,11,25H2,(H,26,27)(H,28,29)/t16-,17+,20-,21+/m1/s1. The van der Waals surface area contributed by atoms with Crippen molar-refractivity contribution in [1.29, 1.82) is 0 Å².